The molecule has 0 spiro atoms. The van der Waals surface area contributed by atoms with Crippen LogP contribution in [0.1, 0.15) is 86.1 Å². The number of piperidine rings is 2. The lowest BCUT2D eigenvalue weighted by molar-refractivity contribution is -0.135. The number of nitrogens with zero attached hydrogens (tertiary/aromatic N) is 9. The lowest BCUT2D eigenvalue weighted by atomic mass is 9.85. The van der Waals surface area contributed by atoms with Crippen LogP contribution in [0.4, 0.5) is 20.2 Å². The van der Waals surface area contributed by atoms with Crippen LogP contribution in [0, 0.1) is 5.92 Å². The van der Waals surface area contributed by atoms with Gasteiger partial charge in [0.25, 0.3) is 12.3 Å². The number of para-hydroxylation sites is 1. The van der Waals surface area contributed by atoms with E-state index in [2.05, 4.69) is 42.7 Å². The standard InChI is InChI=1S/C37H43F2N11O4/c1-45(23-14-17-47(18-15-23)26-5-3-6-27-33(26)46(2)37(54)49(27)28-12-13-31(51)43-35(28)52)20-22-8-10-24(11-9-22)48-21-25(32(44-48)34(38)39)42-36(53)29-19-40-30-7-4-16-41-50(29)30/h3-7,16,19,21-24,28,34H,8-15,17-18,20H2,1-2H3,(H,42,53)(H,43,51,52)/t22-,24-,28?. The van der Waals surface area contributed by atoms with Crippen molar-refractivity contribution in [2.75, 3.05) is 36.9 Å². The largest absolute Gasteiger partial charge is 0.370 e. The lowest BCUT2D eigenvalue weighted by Gasteiger charge is -2.40. The predicted octanol–water partition coefficient (Wildman–Crippen LogP) is 4.08. The molecule has 17 heteroatoms. The molecule has 1 unspecified atom stereocenters. The van der Waals surface area contributed by atoms with Crippen molar-refractivity contribution in [2.45, 2.75) is 75.9 Å². The Kier molecular flexibility index (Phi) is 9.49. The fourth-order valence-corrected chi connectivity index (χ4v) is 8.62. The Bertz CT molecular complexity index is 2280. The average molecular weight is 744 g/mol. The molecule has 284 valence electrons. The van der Waals surface area contributed by atoms with E-state index in [1.54, 1.807) is 28.4 Å². The molecule has 0 radical (unpaired) electrons. The zero-order valence-electron chi connectivity index (χ0n) is 30.2. The molecular formula is C37H43F2N11O4. The molecule has 3 aliphatic rings. The Labute approximate surface area is 308 Å². The second-order valence-corrected chi connectivity index (χ2v) is 14.8. The molecule has 4 aromatic heterocycles. The van der Waals surface area contributed by atoms with Gasteiger partial charge in [0.2, 0.25) is 11.8 Å². The molecule has 15 nitrogen and oxygen atoms in total. The molecule has 5 aromatic rings. The molecule has 8 rings (SSSR count). The number of aryl methyl sites for hydroxylation is 1. The molecule has 0 bridgehead atoms. The van der Waals surface area contributed by atoms with Crippen LogP contribution in [-0.4, -0.2) is 88.9 Å². The number of anilines is 2. The van der Waals surface area contributed by atoms with Gasteiger partial charge < -0.3 is 15.1 Å². The number of imide groups is 1. The number of alkyl halides is 2. The van der Waals surface area contributed by atoms with E-state index in [-0.39, 0.29) is 35.4 Å². The van der Waals surface area contributed by atoms with E-state index in [1.807, 2.05) is 18.2 Å². The van der Waals surface area contributed by atoms with Crippen LogP contribution in [0.25, 0.3) is 16.7 Å². The van der Waals surface area contributed by atoms with Gasteiger partial charge in [-0.15, -0.1) is 0 Å². The number of halogens is 2. The first-order chi connectivity index (χ1) is 26.1. The highest BCUT2D eigenvalue weighted by molar-refractivity contribution is 6.03. The van der Waals surface area contributed by atoms with Gasteiger partial charge in [0, 0.05) is 51.5 Å². The minimum absolute atomic E-state index is 0.0144. The zero-order chi connectivity index (χ0) is 37.7. The van der Waals surface area contributed by atoms with Crippen LogP contribution < -0.4 is 21.2 Å². The third-order valence-electron chi connectivity index (χ3n) is 11.5. The first-order valence-electron chi connectivity index (χ1n) is 18.5. The number of nitrogens with one attached hydrogen (secondary N) is 2. The molecular weight excluding hydrogens is 700 g/mol. The summed E-state index contributed by atoms with van der Waals surface area (Å²) in [4.78, 5) is 59.8. The van der Waals surface area contributed by atoms with Crippen molar-refractivity contribution >= 4 is 45.8 Å². The molecule has 1 saturated carbocycles. The van der Waals surface area contributed by atoms with Gasteiger partial charge in [-0.25, -0.2) is 23.1 Å². The summed E-state index contributed by atoms with van der Waals surface area (Å²) >= 11 is 0. The van der Waals surface area contributed by atoms with Gasteiger partial charge in [-0.05, 0) is 82.2 Å². The quantitative estimate of drug-likeness (QED) is 0.213. The SMILES string of the molecule is CN(C[C@H]1CC[C@H](n2cc(NC(=O)c3cnc4cccnn34)c(C(F)F)n2)CC1)C1CCN(c2cccc3c2n(C)c(=O)n3C2CCC(=O)NC2=O)CC1. The smallest absolute Gasteiger partial charge is 0.329 e. The van der Waals surface area contributed by atoms with Crippen LogP contribution in [0.3, 0.4) is 0 Å². The Morgan fingerprint density at radius 1 is 1.04 bits per heavy atom. The maximum Gasteiger partial charge on any atom is 0.329 e. The number of carbonyl (C=O) groups excluding carboxylic acids is 3. The summed E-state index contributed by atoms with van der Waals surface area (Å²) in [5.41, 5.74) is 2.30. The summed E-state index contributed by atoms with van der Waals surface area (Å²) in [6.07, 6.45) is 7.41. The summed E-state index contributed by atoms with van der Waals surface area (Å²) in [6, 6.07) is 8.83. The number of imidazole rings is 2. The minimum atomic E-state index is -2.85. The van der Waals surface area contributed by atoms with Crippen molar-refractivity contribution in [1.29, 1.82) is 0 Å². The number of hydrogen-bond acceptors (Lipinski definition) is 9. The third kappa shape index (κ3) is 6.54. The van der Waals surface area contributed by atoms with Crippen molar-refractivity contribution in [3.63, 3.8) is 0 Å². The maximum absolute atomic E-state index is 14.1. The summed E-state index contributed by atoms with van der Waals surface area (Å²) in [5, 5.41) is 13.3. The van der Waals surface area contributed by atoms with Crippen molar-refractivity contribution in [3.8, 4) is 0 Å². The third-order valence-corrected chi connectivity index (χ3v) is 11.5. The van der Waals surface area contributed by atoms with E-state index >= 15 is 0 Å². The highest BCUT2D eigenvalue weighted by atomic mass is 19.3. The lowest BCUT2D eigenvalue weighted by Crippen LogP contribution is -2.45. The van der Waals surface area contributed by atoms with Gasteiger partial charge in [-0.3, -0.25) is 33.5 Å². The summed E-state index contributed by atoms with van der Waals surface area (Å²) in [6.45, 7) is 2.57. The molecule has 1 atom stereocenters. The fraction of sp³-hybridized carbons (Fsp3) is 0.486. The Hall–Kier alpha value is -5.45. The normalized spacial score (nSPS) is 21.4. The predicted molar refractivity (Wildman–Crippen MR) is 196 cm³/mol. The Morgan fingerprint density at radius 3 is 2.56 bits per heavy atom. The summed E-state index contributed by atoms with van der Waals surface area (Å²) < 4.78 is 34.2. The molecule has 2 N–H and O–H groups in total. The molecule has 3 fully saturated rings. The number of rotatable bonds is 9. The van der Waals surface area contributed by atoms with Crippen LogP contribution in [-0.2, 0) is 16.6 Å². The molecule has 2 saturated heterocycles. The van der Waals surface area contributed by atoms with E-state index in [0.29, 0.717) is 29.5 Å². The maximum atomic E-state index is 14.1. The van der Waals surface area contributed by atoms with Gasteiger partial charge >= 0.3 is 5.69 Å². The number of fused-ring (bicyclic) bond motifs is 2. The fourth-order valence-electron chi connectivity index (χ4n) is 8.62. The highest BCUT2D eigenvalue weighted by Crippen LogP contribution is 2.36. The van der Waals surface area contributed by atoms with Crippen LogP contribution >= 0.6 is 0 Å². The number of hydrogen-bond donors (Lipinski definition) is 2. The first-order valence-corrected chi connectivity index (χ1v) is 18.5. The second kappa shape index (κ2) is 14.4. The topological polar surface area (TPSA) is 157 Å². The van der Waals surface area contributed by atoms with Gasteiger partial charge in [0.1, 0.15) is 6.04 Å². The Morgan fingerprint density at radius 2 is 1.81 bits per heavy atom. The van der Waals surface area contributed by atoms with Crippen molar-refractivity contribution < 1.29 is 23.2 Å². The summed E-state index contributed by atoms with van der Waals surface area (Å²) in [7, 11) is 3.91. The second-order valence-electron chi connectivity index (χ2n) is 14.8. The van der Waals surface area contributed by atoms with Crippen LogP contribution in [0.15, 0.2) is 53.7 Å². The van der Waals surface area contributed by atoms with E-state index < -0.39 is 30.0 Å². The molecule has 1 aromatic carbocycles. The van der Waals surface area contributed by atoms with E-state index in [4.69, 9.17) is 0 Å². The van der Waals surface area contributed by atoms with E-state index in [0.717, 1.165) is 69.4 Å². The first kappa shape index (κ1) is 35.6. The monoisotopic (exact) mass is 743 g/mol. The number of amides is 3. The molecule has 1 aliphatic carbocycles. The van der Waals surface area contributed by atoms with Crippen molar-refractivity contribution in [1.82, 2.24) is 43.7 Å². The number of benzene rings is 1. The van der Waals surface area contributed by atoms with Crippen LogP contribution in [0.2, 0.25) is 0 Å². The van der Waals surface area contributed by atoms with Crippen LogP contribution in [0.5, 0.6) is 0 Å². The molecule has 2 aliphatic heterocycles. The molecule has 54 heavy (non-hydrogen) atoms. The molecule has 6 heterocycles. The van der Waals surface area contributed by atoms with Gasteiger partial charge in [0.15, 0.2) is 17.0 Å². The average Bonchev–Trinajstić information content (AvgIpc) is 3.87. The number of aromatic nitrogens is 7. The van der Waals surface area contributed by atoms with E-state index in [1.165, 1.54) is 27.7 Å². The van der Waals surface area contributed by atoms with Gasteiger partial charge in [-0.2, -0.15) is 10.2 Å². The van der Waals surface area contributed by atoms with Crippen molar-refractivity contribution in [3.05, 3.63) is 70.8 Å². The zero-order valence-corrected chi connectivity index (χ0v) is 30.2. The van der Waals surface area contributed by atoms with Gasteiger partial charge in [0.05, 0.1) is 34.6 Å². The number of carbonyl (C=O) groups is 3. The summed E-state index contributed by atoms with van der Waals surface area (Å²) in [5.74, 6) is -0.888. The Balaban J connectivity index is 0.868. The molecule has 3 amide bonds. The minimum Gasteiger partial charge on any atom is -0.370 e. The van der Waals surface area contributed by atoms with Crippen molar-refractivity contribution in [2.24, 2.45) is 13.0 Å². The van der Waals surface area contributed by atoms with E-state index in [9.17, 15) is 28.0 Å². The highest BCUT2D eigenvalue weighted by Gasteiger charge is 2.34. The van der Waals surface area contributed by atoms with Gasteiger partial charge in [-0.1, -0.05) is 6.07 Å².